The lowest BCUT2D eigenvalue weighted by Crippen LogP contribution is -2.43. The van der Waals surface area contributed by atoms with Crippen molar-refractivity contribution in [1.29, 1.82) is 0 Å². The zero-order chi connectivity index (χ0) is 20.1. The first-order valence-electron chi connectivity index (χ1n) is 10.1. The van der Waals surface area contributed by atoms with E-state index in [-0.39, 0.29) is 17.9 Å². The first kappa shape index (κ1) is 20.1. The van der Waals surface area contributed by atoms with Crippen molar-refractivity contribution in [2.45, 2.75) is 57.5 Å². The molecule has 1 atom stereocenters. The molecule has 1 saturated heterocycles. The van der Waals surface area contributed by atoms with Crippen molar-refractivity contribution in [1.82, 2.24) is 10.2 Å². The van der Waals surface area contributed by atoms with Gasteiger partial charge in [0.1, 0.15) is 0 Å². The van der Waals surface area contributed by atoms with Crippen LogP contribution in [0.3, 0.4) is 0 Å². The summed E-state index contributed by atoms with van der Waals surface area (Å²) >= 11 is 0. The molecule has 0 aliphatic carbocycles. The van der Waals surface area contributed by atoms with E-state index in [9.17, 15) is 9.59 Å². The zero-order valence-corrected chi connectivity index (χ0v) is 16.4. The molecule has 3 rings (SSSR count). The Morgan fingerprint density at radius 1 is 1.25 bits per heavy atom. The fourth-order valence-corrected chi connectivity index (χ4v) is 3.97. The smallest absolute Gasteiger partial charge is 0.224 e. The molecule has 2 aliphatic heterocycles. The molecule has 6 nitrogen and oxygen atoms in total. The lowest BCUT2D eigenvalue weighted by molar-refractivity contribution is -0.122. The summed E-state index contributed by atoms with van der Waals surface area (Å²) in [6, 6.07) is 5.95. The predicted molar refractivity (Wildman–Crippen MR) is 112 cm³/mol. The molecular formula is C22H30N4O2. The van der Waals surface area contributed by atoms with Gasteiger partial charge in [0.05, 0.1) is 6.04 Å². The Bertz CT molecular complexity index is 787. The highest BCUT2D eigenvalue weighted by atomic mass is 16.2. The molecule has 0 bridgehead atoms. The van der Waals surface area contributed by atoms with Crippen LogP contribution in [0.5, 0.6) is 0 Å². The van der Waals surface area contributed by atoms with Crippen molar-refractivity contribution in [3.63, 3.8) is 0 Å². The highest BCUT2D eigenvalue weighted by molar-refractivity contribution is 5.93. The van der Waals surface area contributed by atoms with E-state index in [1.54, 1.807) is 0 Å². The second-order valence-electron chi connectivity index (χ2n) is 7.54. The molecule has 2 amide bonds. The third-order valence-electron chi connectivity index (χ3n) is 5.52. The lowest BCUT2D eigenvalue weighted by Gasteiger charge is -2.35. The Morgan fingerprint density at radius 2 is 2.04 bits per heavy atom. The number of amides is 2. The van der Waals surface area contributed by atoms with Crippen LogP contribution in [0.1, 0.15) is 56.1 Å². The second-order valence-corrected chi connectivity index (χ2v) is 7.54. The number of benzene rings is 1. The van der Waals surface area contributed by atoms with Gasteiger partial charge in [-0.15, -0.1) is 0 Å². The highest BCUT2D eigenvalue weighted by Gasteiger charge is 2.34. The van der Waals surface area contributed by atoms with Crippen LogP contribution < -0.4 is 16.4 Å². The number of nitrogens with one attached hydrogen (secondary N) is 2. The molecule has 1 aromatic carbocycles. The van der Waals surface area contributed by atoms with Crippen LogP contribution in [0.25, 0.3) is 5.70 Å². The fraction of sp³-hybridized carbons (Fsp3) is 0.455. The fourth-order valence-electron chi connectivity index (χ4n) is 3.97. The topological polar surface area (TPSA) is 87.5 Å². The van der Waals surface area contributed by atoms with E-state index in [0.717, 1.165) is 54.6 Å². The Kier molecular flexibility index (Phi) is 6.52. The number of piperidine rings is 1. The number of nitrogens with two attached hydrogens (primary N) is 1. The summed E-state index contributed by atoms with van der Waals surface area (Å²) in [7, 11) is 0. The molecule has 28 heavy (non-hydrogen) atoms. The van der Waals surface area contributed by atoms with Gasteiger partial charge in [-0.3, -0.25) is 9.59 Å². The van der Waals surface area contributed by atoms with Crippen LogP contribution in [0.2, 0.25) is 0 Å². The van der Waals surface area contributed by atoms with Crippen LogP contribution in [0.15, 0.2) is 37.1 Å². The lowest BCUT2D eigenvalue weighted by atomic mass is 10.0. The minimum Gasteiger partial charge on any atom is -0.359 e. The first-order valence-corrected chi connectivity index (χ1v) is 10.1. The van der Waals surface area contributed by atoms with Crippen LogP contribution in [0.4, 0.5) is 5.69 Å². The molecule has 6 heteroatoms. The molecular weight excluding hydrogens is 352 g/mol. The maximum absolute atomic E-state index is 12.4. The highest BCUT2D eigenvalue weighted by Crippen LogP contribution is 2.39. The molecule has 2 aliphatic rings. The largest absolute Gasteiger partial charge is 0.359 e. The Balaban J connectivity index is 1.64. The van der Waals surface area contributed by atoms with Gasteiger partial charge in [0.2, 0.25) is 11.8 Å². The van der Waals surface area contributed by atoms with E-state index in [0.29, 0.717) is 31.6 Å². The normalized spacial score (nSPS) is 18.8. The van der Waals surface area contributed by atoms with Crippen molar-refractivity contribution < 1.29 is 9.59 Å². The van der Waals surface area contributed by atoms with E-state index in [4.69, 9.17) is 5.73 Å². The summed E-state index contributed by atoms with van der Waals surface area (Å²) in [5.41, 5.74) is 10.1. The standard InChI is InChI=1S/C22H30N4O2/c1-15-20(11-12-22(28)24-15)26-14-18-17(16(26)2)8-7-9-19(18)25-21(27)10-5-3-4-6-13-23/h7-9,20H,1-6,10-14,23H2,(H,24,28)(H,25,27). The minimum absolute atomic E-state index is 0.0167. The second kappa shape index (κ2) is 9.06. The molecule has 1 fully saturated rings. The third-order valence-corrected chi connectivity index (χ3v) is 5.52. The van der Waals surface area contributed by atoms with E-state index < -0.39 is 0 Å². The molecule has 4 N–H and O–H groups in total. The van der Waals surface area contributed by atoms with E-state index in [1.165, 1.54) is 0 Å². The Morgan fingerprint density at radius 3 is 2.79 bits per heavy atom. The van der Waals surface area contributed by atoms with Crippen molar-refractivity contribution >= 4 is 23.2 Å². The average molecular weight is 383 g/mol. The number of hydrogen-bond acceptors (Lipinski definition) is 4. The van der Waals surface area contributed by atoms with Crippen molar-refractivity contribution in [2.24, 2.45) is 5.73 Å². The molecule has 0 aromatic heterocycles. The molecule has 0 saturated carbocycles. The number of fused-ring (bicyclic) bond motifs is 1. The van der Waals surface area contributed by atoms with E-state index in [2.05, 4.69) is 28.7 Å². The number of rotatable bonds is 8. The Labute approximate surface area is 166 Å². The van der Waals surface area contributed by atoms with Gasteiger partial charge in [0.25, 0.3) is 0 Å². The summed E-state index contributed by atoms with van der Waals surface area (Å²) in [5, 5.41) is 5.92. The van der Waals surface area contributed by atoms with E-state index >= 15 is 0 Å². The number of carbonyl (C=O) groups excluding carboxylic acids is 2. The summed E-state index contributed by atoms with van der Waals surface area (Å²) in [5.74, 6) is 0.0579. The molecule has 0 radical (unpaired) electrons. The van der Waals surface area contributed by atoms with Crippen LogP contribution in [-0.2, 0) is 16.1 Å². The summed E-state index contributed by atoms with van der Waals surface area (Å²) in [6.45, 7) is 9.64. The molecule has 1 unspecified atom stereocenters. The number of unbranched alkanes of at least 4 members (excludes halogenated alkanes) is 3. The summed E-state index contributed by atoms with van der Waals surface area (Å²) < 4.78 is 0. The van der Waals surface area contributed by atoms with Gasteiger partial charge < -0.3 is 21.3 Å². The molecule has 0 spiro atoms. The maximum Gasteiger partial charge on any atom is 0.224 e. The Hall–Kier alpha value is -2.60. The minimum atomic E-state index is 0.0167. The van der Waals surface area contributed by atoms with Crippen molar-refractivity contribution in [2.75, 3.05) is 11.9 Å². The van der Waals surface area contributed by atoms with Crippen LogP contribution in [-0.4, -0.2) is 29.3 Å². The maximum atomic E-state index is 12.4. The van der Waals surface area contributed by atoms with Gasteiger partial charge in [-0.25, -0.2) is 0 Å². The number of anilines is 1. The van der Waals surface area contributed by atoms with Crippen LogP contribution >= 0.6 is 0 Å². The van der Waals surface area contributed by atoms with Gasteiger partial charge in [0.15, 0.2) is 0 Å². The van der Waals surface area contributed by atoms with E-state index in [1.807, 2.05) is 18.2 Å². The van der Waals surface area contributed by atoms with Gasteiger partial charge in [-0.1, -0.05) is 38.1 Å². The molecule has 2 heterocycles. The van der Waals surface area contributed by atoms with Gasteiger partial charge >= 0.3 is 0 Å². The summed E-state index contributed by atoms with van der Waals surface area (Å²) in [4.78, 5) is 26.1. The number of nitrogens with zero attached hydrogens (tertiary/aromatic N) is 1. The molecule has 150 valence electrons. The van der Waals surface area contributed by atoms with Crippen LogP contribution in [0, 0.1) is 0 Å². The average Bonchev–Trinajstić information content (AvgIpc) is 2.99. The first-order chi connectivity index (χ1) is 13.5. The summed E-state index contributed by atoms with van der Waals surface area (Å²) in [6.07, 6.45) is 5.71. The van der Waals surface area contributed by atoms with Gasteiger partial charge in [-0.2, -0.15) is 0 Å². The van der Waals surface area contributed by atoms with Gasteiger partial charge in [0, 0.05) is 47.6 Å². The third kappa shape index (κ3) is 4.44. The van der Waals surface area contributed by atoms with Gasteiger partial charge in [-0.05, 0) is 31.9 Å². The molecule has 1 aromatic rings. The monoisotopic (exact) mass is 382 g/mol. The zero-order valence-electron chi connectivity index (χ0n) is 16.4. The predicted octanol–water partition coefficient (Wildman–Crippen LogP) is 3.11. The van der Waals surface area contributed by atoms with Crippen molar-refractivity contribution in [3.8, 4) is 0 Å². The number of hydrogen-bond donors (Lipinski definition) is 3. The quantitative estimate of drug-likeness (QED) is 0.603. The SMILES string of the molecule is C=C1NC(=O)CCC1N1Cc2c(NC(=O)CCCCCCN)cccc2C1=C. The van der Waals surface area contributed by atoms with Crippen molar-refractivity contribution in [3.05, 3.63) is 48.2 Å². The number of carbonyl (C=O) groups is 2.